The highest BCUT2D eigenvalue weighted by Gasteiger charge is 2.69. The normalized spacial score (nSPS) is 46.3. The fourth-order valence-electron chi connectivity index (χ4n) is 9.18. The molecule has 0 aromatic carbocycles. The molecule has 9 heteroatoms. The van der Waals surface area contributed by atoms with Crippen LogP contribution in [0.5, 0.6) is 0 Å². The zero-order chi connectivity index (χ0) is 25.8. The first kappa shape index (κ1) is 27.3. The first-order valence-electron chi connectivity index (χ1n) is 13.5. The Kier molecular flexibility index (Phi) is 7.43. The van der Waals surface area contributed by atoms with E-state index in [9.17, 15) is 28.5 Å². The number of hydrogen-bond acceptors (Lipinski definition) is 6. The van der Waals surface area contributed by atoms with Crippen LogP contribution in [-0.2, 0) is 14.9 Å². The molecule has 0 spiro atoms. The van der Waals surface area contributed by atoms with Crippen molar-refractivity contribution in [1.82, 2.24) is 5.32 Å². The Bertz CT molecular complexity index is 911. The lowest BCUT2D eigenvalue weighted by atomic mass is 9.42. The minimum absolute atomic E-state index is 0.0180. The number of amides is 1. The number of rotatable bonds is 7. The van der Waals surface area contributed by atoms with Crippen LogP contribution in [0.3, 0.4) is 0 Å². The fourth-order valence-corrected chi connectivity index (χ4v) is 9.54. The van der Waals surface area contributed by atoms with Crippen LogP contribution < -0.4 is 5.32 Å². The summed E-state index contributed by atoms with van der Waals surface area (Å²) in [5.41, 5.74) is -1.27. The first-order chi connectivity index (χ1) is 16.2. The molecule has 0 unspecified atom stereocenters. The van der Waals surface area contributed by atoms with Gasteiger partial charge in [0.25, 0.3) is 10.1 Å². The zero-order valence-electron chi connectivity index (χ0n) is 21.4. The lowest BCUT2D eigenvalue weighted by Crippen LogP contribution is -2.67. The van der Waals surface area contributed by atoms with Crippen LogP contribution in [0.4, 0.5) is 0 Å². The van der Waals surface area contributed by atoms with Gasteiger partial charge in [0.2, 0.25) is 5.91 Å². The summed E-state index contributed by atoms with van der Waals surface area (Å²) in [5.74, 6) is 0.0702. The summed E-state index contributed by atoms with van der Waals surface area (Å²) in [7, 11) is -4.10. The number of aliphatic hydroxyl groups is 3. The molecule has 4 aliphatic rings. The molecule has 1 amide bonds. The third kappa shape index (κ3) is 4.80. The summed E-state index contributed by atoms with van der Waals surface area (Å²) < 4.78 is 30.5. The fraction of sp³-hybridized carbons (Fsp3) is 0.962. The maximum atomic E-state index is 12.3. The second-order valence-electron chi connectivity index (χ2n) is 12.7. The van der Waals surface area contributed by atoms with Crippen LogP contribution >= 0.6 is 0 Å². The summed E-state index contributed by atoms with van der Waals surface area (Å²) in [5, 5.41) is 36.7. The highest BCUT2D eigenvalue weighted by molar-refractivity contribution is 7.85. The lowest BCUT2D eigenvalue weighted by Gasteiger charge is -2.65. The predicted octanol–water partition coefficient (Wildman–Crippen LogP) is 2.51. The summed E-state index contributed by atoms with van der Waals surface area (Å²) in [4.78, 5) is 12.2. The van der Waals surface area contributed by atoms with E-state index in [0.717, 1.165) is 44.9 Å². The third-order valence-electron chi connectivity index (χ3n) is 11.1. The van der Waals surface area contributed by atoms with Gasteiger partial charge in [0.1, 0.15) is 0 Å². The summed E-state index contributed by atoms with van der Waals surface area (Å²) in [6, 6.07) is 0. The Morgan fingerprint density at radius 3 is 2.46 bits per heavy atom. The molecule has 0 heterocycles. The van der Waals surface area contributed by atoms with Crippen molar-refractivity contribution in [2.24, 2.45) is 40.4 Å². The second kappa shape index (κ2) is 9.53. The van der Waals surface area contributed by atoms with Gasteiger partial charge in [-0.3, -0.25) is 9.35 Å². The SMILES string of the molecule is C[C@H](CCC(=O)NCCS(=O)(=O)O)[C@@H]1CC[C@@H]2[C@@]3(O)CC[C@@H]4C[C@H](O)CC[C@]4(C)[C@H]3C[C@H](O)[C@@]21C. The number of carbonyl (C=O) groups excluding carboxylic acids is 1. The summed E-state index contributed by atoms with van der Waals surface area (Å²) in [6.07, 6.45) is 6.61. The summed E-state index contributed by atoms with van der Waals surface area (Å²) >= 11 is 0. The highest BCUT2D eigenvalue weighted by Crippen LogP contribution is 2.69. The zero-order valence-corrected chi connectivity index (χ0v) is 22.3. The topological polar surface area (TPSA) is 144 Å². The van der Waals surface area contributed by atoms with Crippen LogP contribution in [0.15, 0.2) is 0 Å². The molecule has 0 bridgehead atoms. The van der Waals surface area contributed by atoms with Crippen molar-refractivity contribution in [3.05, 3.63) is 0 Å². The van der Waals surface area contributed by atoms with E-state index >= 15 is 0 Å². The Morgan fingerprint density at radius 2 is 1.77 bits per heavy atom. The van der Waals surface area contributed by atoms with Crippen molar-refractivity contribution in [3.63, 3.8) is 0 Å². The van der Waals surface area contributed by atoms with E-state index in [4.69, 9.17) is 4.55 Å². The second-order valence-corrected chi connectivity index (χ2v) is 14.3. The minimum Gasteiger partial charge on any atom is -0.393 e. The van der Waals surface area contributed by atoms with Gasteiger partial charge in [-0.25, -0.2) is 0 Å². The molecule has 0 saturated heterocycles. The molecule has 4 rings (SSSR count). The lowest BCUT2D eigenvalue weighted by molar-refractivity contribution is -0.254. The van der Waals surface area contributed by atoms with Crippen LogP contribution in [0.2, 0.25) is 0 Å². The van der Waals surface area contributed by atoms with E-state index in [1.54, 1.807) is 0 Å². The number of carbonyl (C=O) groups is 1. The van der Waals surface area contributed by atoms with E-state index in [2.05, 4.69) is 26.1 Å². The van der Waals surface area contributed by atoms with Crippen LogP contribution in [0.1, 0.15) is 85.0 Å². The number of aliphatic hydroxyl groups excluding tert-OH is 2. The molecule has 4 fully saturated rings. The molecule has 10 atom stereocenters. The van der Waals surface area contributed by atoms with Gasteiger partial charge < -0.3 is 20.6 Å². The van der Waals surface area contributed by atoms with Gasteiger partial charge in [-0.05, 0) is 92.8 Å². The molecular weight excluding hydrogens is 470 g/mol. The van der Waals surface area contributed by atoms with Crippen molar-refractivity contribution in [2.75, 3.05) is 12.3 Å². The molecule has 4 saturated carbocycles. The largest absolute Gasteiger partial charge is 0.393 e. The molecule has 0 aromatic rings. The van der Waals surface area contributed by atoms with Crippen LogP contribution in [0.25, 0.3) is 0 Å². The van der Waals surface area contributed by atoms with Gasteiger partial charge in [-0.15, -0.1) is 0 Å². The standard InChI is InChI=1S/C26H45NO7S/c1-16(4-7-23(30)27-12-13-35(32,33)34)19-5-6-20-25(19,3)22(29)15-21-24(2)10-9-18(28)14-17(24)8-11-26(20,21)31/h16-22,28-29,31H,4-15H2,1-3H3,(H,27,30)(H,32,33,34)/t16-,17-,18-,19+,20+,21-,22+,24+,25-,26+/m1/s1. The maximum absolute atomic E-state index is 12.3. The quantitative estimate of drug-likeness (QED) is 0.328. The average Bonchev–Trinajstić information content (AvgIpc) is 3.14. The molecule has 0 radical (unpaired) electrons. The van der Waals surface area contributed by atoms with Crippen molar-refractivity contribution in [3.8, 4) is 0 Å². The van der Waals surface area contributed by atoms with E-state index in [1.165, 1.54) is 0 Å². The minimum atomic E-state index is -4.10. The number of hydrogen-bond donors (Lipinski definition) is 5. The van der Waals surface area contributed by atoms with Gasteiger partial charge >= 0.3 is 0 Å². The smallest absolute Gasteiger partial charge is 0.266 e. The summed E-state index contributed by atoms with van der Waals surface area (Å²) in [6.45, 7) is 6.44. The molecule has 0 aromatic heterocycles. The van der Waals surface area contributed by atoms with Crippen molar-refractivity contribution < 1.29 is 33.1 Å². The van der Waals surface area contributed by atoms with Gasteiger partial charge in [0.05, 0.1) is 23.6 Å². The Balaban J connectivity index is 1.44. The maximum Gasteiger partial charge on any atom is 0.266 e. The Labute approximate surface area is 210 Å². The molecule has 5 N–H and O–H groups in total. The van der Waals surface area contributed by atoms with E-state index in [0.29, 0.717) is 18.8 Å². The monoisotopic (exact) mass is 515 g/mol. The third-order valence-corrected chi connectivity index (χ3v) is 11.8. The van der Waals surface area contributed by atoms with Crippen LogP contribution in [-0.4, -0.2) is 64.3 Å². The molecular formula is C26H45NO7S. The van der Waals surface area contributed by atoms with Crippen LogP contribution in [0, 0.1) is 40.4 Å². The highest BCUT2D eigenvalue weighted by atomic mass is 32.2. The molecule has 202 valence electrons. The van der Waals surface area contributed by atoms with Crippen molar-refractivity contribution in [2.45, 2.75) is 103 Å². The Morgan fingerprint density at radius 1 is 1.06 bits per heavy atom. The van der Waals surface area contributed by atoms with Gasteiger partial charge in [0, 0.05) is 18.4 Å². The first-order valence-corrected chi connectivity index (χ1v) is 15.1. The van der Waals surface area contributed by atoms with Gasteiger partial charge in [-0.1, -0.05) is 20.8 Å². The van der Waals surface area contributed by atoms with Gasteiger partial charge in [-0.2, -0.15) is 8.42 Å². The van der Waals surface area contributed by atoms with Crippen molar-refractivity contribution >= 4 is 16.0 Å². The van der Waals surface area contributed by atoms with Crippen molar-refractivity contribution in [1.29, 1.82) is 0 Å². The van der Waals surface area contributed by atoms with E-state index < -0.39 is 33.0 Å². The molecule has 0 aliphatic heterocycles. The van der Waals surface area contributed by atoms with E-state index in [1.807, 2.05) is 0 Å². The van der Waals surface area contributed by atoms with Gasteiger partial charge in [0.15, 0.2) is 0 Å². The Hall–Kier alpha value is -0.740. The predicted molar refractivity (Wildman–Crippen MR) is 132 cm³/mol. The number of nitrogens with one attached hydrogen (secondary N) is 1. The number of fused-ring (bicyclic) bond motifs is 5. The molecule has 4 aliphatic carbocycles. The average molecular weight is 516 g/mol. The van der Waals surface area contributed by atoms with E-state index in [-0.39, 0.29) is 54.1 Å². The molecule has 35 heavy (non-hydrogen) atoms. The molecule has 8 nitrogen and oxygen atoms in total.